The van der Waals surface area contributed by atoms with Gasteiger partial charge in [0.05, 0.1) is 6.04 Å². The third-order valence-corrected chi connectivity index (χ3v) is 4.98. The number of hydrogen-bond acceptors (Lipinski definition) is 4. The fourth-order valence-corrected chi connectivity index (χ4v) is 3.76. The number of fused-ring (bicyclic) bond motifs is 2. The molecule has 1 atom stereocenters. The number of H-pyrrole nitrogens is 1. The summed E-state index contributed by atoms with van der Waals surface area (Å²) in [7, 11) is 0. The number of benzene rings is 1. The second kappa shape index (κ2) is 8.22. The molecule has 4 rings (SSSR count). The Morgan fingerprint density at radius 1 is 1.33 bits per heavy atom. The molecule has 6 nitrogen and oxygen atoms in total. The summed E-state index contributed by atoms with van der Waals surface area (Å²) in [5.41, 5.74) is 4.24. The van der Waals surface area contributed by atoms with Gasteiger partial charge in [-0.2, -0.15) is 13.9 Å². The van der Waals surface area contributed by atoms with Gasteiger partial charge in [0, 0.05) is 30.8 Å². The Morgan fingerprint density at radius 2 is 2.19 bits per heavy atom. The smallest absolute Gasteiger partial charge is 0.387 e. The maximum atomic E-state index is 12.7. The molecule has 1 aliphatic heterocycles. The van der Waals surface area contributed by atoms with E-state index in [1.165, 1.54) is 6.07 Å². The van der Waals surface area contributed by atoms with E-state index in [-0.39, 0.29) is 30.1 Å². The van der Waals surface area contributed by atoms with Crippen LogP contribution in [0.2, 0.25) is 0 Å². The lowest BCUT2D eigenvalue weighted by Gasteiger charge is -2.27. The van der Waals surface area contributed by atoms with Crippen LogP contribution in [0.3, 0.4) is 0 Å². The van der Waals surface area contributed by atoms with Crippen LogP contribution in [0.4, 0.5) is 8.78 Å². The van der Waals surface area contributed by atoms with Gasteiger partial charge in [-0.05, 0) is 42.5 Å². The number of aryl methyl sites for hydroxylation is 1. The number of alkyl halides is 2. The zero-order chi connectivity index (χ0) is 18.1. The predicted octanol–water partition coefficient (Wildman–Crippen LogP) is 2.89. The van der Waals surface area contributed by atoms with Crippen LogP contribution in [0.5, 0.6) is 5.75 Å². The fourth-order valence-electron chi connectivity index (χ4n) is 3.76. The first-order chi connectivity index (χ1) is 12.6. The van der Waals surface area contributed by atoms with Crippen molar-refractivity contribution >= 4 is 18.3 Å². The zero-order valence-corrected chi connectivity index (χ0v) is 15.4. The normalized spacial score (nSPS) is 18.3. The van der Waals surface area contributed by atoms with Crippen molar-refractivity contribution in [2.45, 2.75) is 44.9 Å². The van der Waals surface area contributed by atoms with E-state index in [4.69, 9.17) is 0 Å². The standard InChI is InChI=1S/C18H20F2N4O2.ClH/c19-18(20)26-11-4-5-12-10(8-11)2-1-3-14(12)22-17(25)16-13-9-21-7-6-15(13)23-24-16;/h4-5,8,14,18,21H,1-3,6-7,9H2,(H,22,25)(H,23,24);1H. The lowest BCUT2D eigenvalue weighted by Crippen LogP contribution is -2.33. The molecule has 1 unspecified atom stereocenters. The summed E-state index contributed by atoms with van der Waals surface area (Å²) in [5, 5.41) is 13.4. The van der Waals surface area contributed by atoms with E-state index in [1.54, 1.807) is 12.1 Å². The van der Waals surface area contributed by atoms with E-state index in [0.717, 1.165) is 54.6 Å². The van der Waals surface area contributed by atoms with Crippen LogP contribution in [0.1, 0.15) is 51.8 Å². The molecule has 146 valence electrons. The molecule has 2 heterocycles. The second-order valence-corrected chi connectivity index (χ2v) is 6.61. The monoisotopic (exact) mass is 398 g/mol. The molecule has 2 aromatic rings. The topological polar surface area (TPSA) is 79.0 Å². The number of aromatic nitrogens is 2. The van der Waals surface area contributed by atoms with Gasteiger partial charge >= 0.3 is 6.61 Å². The molecule has 0 radical (unpaired) electrons. The number of ether oxygens (including phenoxy) is 1. The Bertz CT molecular complexity index is 828. The first kappa shape index (κ1) is 19.6. The van der Waals surface area contributed by atoms with Crippen molar-refractivity contribution in [1.82, 2.24) is 20.8 Å². The number of halogens is 3. The van der Waals surface area contributed by atoms with Crippen LogP contribution in [-0.4, -0.2) is 29.3 Å². The minimum atomic E-state index is -2.84. The largest absolute Gasteiger partial charge is 0.435 e. The van der Waals surface area contributed by atoms with Gasteiger partial charge < -0.3 is 15.4 Å². The van der Waals surface area contributed by atoms with Crippen molar-refractivity contribution in [2.75, 3.05) is 6.54 Å². The highest BCUT2D eigenvalue weighted by Gasteiger charge is 2.26. The second-order valence-electron chi connectivity index (χ2n) is 6.61. The van der Waals surface area contributed by atoms with Gasteiger partial charge in [-0.25, -0.2) is 0 Å². The van der Waals surface area contributed by atoms with Gasteiger partial charge in [0.25, 0.3) is 5.91 Å². The highest BCUT2D eigenvalue weighted by Crippen LogP contribution is 2.33. The zero-order valence-electron chi connectivity index (χ0n) is 14.6. The van der Waals surface area contributed by atoms with Gasteiger partial charge in [0.15, 0.2) is 5.69 Å². The summed E-state index contributed by atoms with van der Waals surface area (Å²) in [6.07, 6.45) is 3.29. The van der Waals surface area contributed by atoms with Gasteiger partial charge in [-0.1, -0.05) is 6.07 Å². The Hall–Kier alpha value is -2.19. The molecule has 3 N–H and O–H groups in total. The van der Waals surface area contributed by atoms with Gasteiger partial charge in [0.1, 0.15) is 5.75 Å². The molecule has 0 saturated carbocycles. The third-order valence-electron chi connectivity index (χ3n) is 4.98. The van der Waals surface area contributed by atoms with E-state index < -0.39 is 6.61 Å². The van der Waals surface area contributed by atoms with Crippen molar-refractivity contribution < 1.29 is 18.3 Å². The number of carbonyl (C=O) groups excluding carboxylic acids is 1. The number of aromatic amines is 1. The molecule has 1 aliphatic carbocycles. The third kappa shape index (κ3) is 4.06. The average Bonchev–Trinajstić information content (AvgIpc) is 3.05. The Labute approximate surface area is 161 Å². The first-order valence-electron chi connectivity index (χ1n) is 8.77. The molecule has 0 bridgehead atoms. The van der Waals surface area contributed by atoms with Gasteiger partial charge in [-0.15, -0.1) is 12.4 Å². The first-order valence-corrected chi connectivity index (χ1v) is 8.77. The van der Waals surface area contributed by atoms with Crippen molar-refractivity contribution in [3.8, 4) is 5.75 Å². The molecule has 9 heteroatoms. The van der Waals surface area contributed by atoms with Crippen LogP contribution in [-0.2, 0) is 19.4 Å². The molecule has 0 fully saturated rings. The van der Waals surface area contributed by atoms with Crippen LogP contribution in [0.25, 0.3) is 0 Å². The maximum absolute atomic E-state index is 12.7. The highest BCUT2D eigenvalue weighted by molar-refractivity contribution is 5.94. The van der Waals surface area contributed by atoms with Crippen LogP contribution in [0.15, 0.2) is 18.2 Å². The minimum Gasteiger partial charge on any atom is -0.435 e. The predicted molar refractivity (Wildman–Crippen MR) is 97.5 cm³/mol. The van der Waals surface area contributed by atoms with Gasteiger partial charge in [0.2, 0.25) is 0 Å². The summed E-state index contributed by atoms with van der Waals surface area (Å²) in [5.74, 6) is -0.0601. The van der Waals surface area contributed by atoms with E-state index in [0.29, 0.717) is 12.2 Å². The molecule has 27 heavy (non-hydrogen) atoms. The summed E-state index contributed by atoms with van der Waals surface area (Å²) >= 11 is 0. The summed E-state index contributed by atoms with van der Waals surface area (Å²) in [4.78, 5) is 12.7. The van der Waals surface area contributed by atoms with E-state index in [2.05, 4.69) is 25.6 Å². The number of carbonyl (C=O) groups is 1. The Kier molecular flexibility index (Phi) is 5.96. The number of hydrogen-bond donors (Lipinski definition) is 3. The Morgan fingerprint density at radius 3 is 3.00 bits per heavy atom. The summed E-state index contributed by atoms with van der Waals surface area (Å²) in [6, 6.07) is 4.77. The van der Waals surface area contributed by atoms with E-state index in [1.807, 2.05) is 0 Å². The Balaban J connectivity index is 0.00000210. The number of amides is 1. The molecular formula is C18H21ClF2N4O2. The van der Waals surface area contributed by atoms with Crippen LogP contribution < -0.4 is 15.4 Å². The maximum Gasteiger partial charge on any atom is 0.387 e. The number of rotatable bonds is 4. The van der Waals surface area contributed by atoms with Crippen molar-refractivity contribution in [1.29, 1.82) is 0 Å². The molecule has 1 aromatic carbocycles. The van der Waals surface area contributed by atoms with Crippen LogP contribution >= 0.6 is 12.4 Å². The quantitative estimate of drug-likeness (QED) is 0.740. The summed E-state index contributed by atoms with van der Waals surface area (Å²) < 4.78 is 29.3. The molecule has 2 aliphatic rings. The molecule has 0 saturated heterocycles. The van der Waals surface area contributed by atoms with Crippen molar-refractivity contribution in [3.63, 3.8) is 0 Å². The van der Waals surface area contributed by atoms with Crippen molar-refractivity contribution in [3.05, 3.63) is 46.3 Å². The average molecular weight is 399 g/mol. The molecular weight excluding hydrogens is 378 g/mol. The lowest BCUT2D eigenvalue weighted by atomic mass is 9.87. The number of nitrogens with one attached hydrogen (secondary N) is 3. The molecule has 1 aromatic heterocycles. The lowest BCUT2D eigenvalue weighted by molar-refractivity contribution is -0.0499. The number of nitrogens with zero attached hydrogens (tertiary/aromatic N) is 1. The van der Waals surface area contributed by atoms with Crippen LogP contribution in [0, 0.1) is 0 Å². The molecule has 1 amide bonds. The minimum absolute atomic E-state index is 0. The van der Waals surface area contributed by atoms with E-state index in [9.17, 15) is 13.6 Å². The van der Waals surface area contributed by atoms with Crippen molar-refractivity contribution in [2.24, 2.45) is 0 Å². The SMILES string of the molecule is Cl.O=C(NC1CCCc2cc(OC(F)F)ccc21)c1n[nH]c2c1CNCC2. The van der Waals surface area contributed by atoms with Gasteiger partial charge in [-0.3, -0.25) is 9.89 Å². The highest BCUT2D eigenvalue weighted by atomic mass is 35.5. The van der Waals surface area contributed by atoms with E-state index >= 15 is 0 Å². The summed E-state index contributed by atoms with van der Waals surface area (Å²) in [6.45, 7) is -1.34. The fraction of sp³-hybridized carbons (Fsp3) is 0.444. The molecule has 0 spiro atoms.